The van der Waals surface area contributed by atoms with Gasteiger partial charge in [-0.2, -0.15) is 0 Å². The molecule has 2 aromatic carbocycles. The van der Waals surface area contributed by atoms with Crippen molar-refractivity contribution in [2.45, 2.75) is 18.9 Å². The fourth-order valence-corrected chi connectivity index (χ4v) is 3.66. The largest absolute Gasteiger partial charge is 0.494 e. The minimum Gasteiger partial charge on any atom is -0.494 e. The summed E-state index contributed by atoms with van der Waals surface area (Å²) < 4.78 is 16.1. The number of pyridine rings is 1. The number of fused-ring (bicyclic) bond motifs is 1. The predicted molar refractivity (Wildman–Crippen MR) is 117 cm³/mol. The van der Waals surface area contributed by atoms with E-state index in [0.717, 1.165) is 32.9 Å². The zero-order valence-corrected chi connectivity index (χ0v) is 17.8. The van der Waals surface area contributed by atoms with Gasteiger partial charge in [-0.15, -0.1) is 0 Å². The summed E-state index contributed by atoms with van der Waals surface area (Å²) >= 11 is 1.40. The van der Waals surface area contributed by atoms with Gasteiger partial charge in [-0.05, 0) is 55.8 Å². The Balaban J connectivity index is 1.69. The molecule has 0 aliphatic rings. The second-order valence-electron chi connectivity index (χ2n) is 6.30. The van der Waals surface area contributed by atoms with Gasteiger partial charge in [-0.1, -0.05) is 11.8 Å². The van der Waals surface area contributed by atoms with E-state index >= 15 is 0 Å². The highest BCUT2D eigenvalue weighted by atomic mass is 32.2. The van der Waals surface area contributed by atoms with Crippen LogP contribution < -0.4 is 19.5 Å². The number of anilines is 1. The van der Waals surface area contributed by atoms with Crippen molar-refractivity contribution in [2.24, 2.45) is 0 Å². The lowest BCUT2D eigenvalue weighted by molar-refractivity contribution is -0.113. The molecule has 1 N–H and O–H groups in total. The number of rotatable bonds is 8. The lowest BCUT2D eigenvalue weighted by Gasteiger charge is -2.11. The maximum absolute atomic E-state index is 12.3. The van der Waals surface area contributed by atoms with Gasteiger partial charge in [0.1, 0.15) is 10.8 Å². The summed E-state index contributed by atoms with van der Waals surface area (Å²) in [5.74, 6) is 2.24. The highest BCUT2D eigenvalue weighted by Crippen LogP contribution is 2.33. The van der Waals surface area contributed by atoms with Gasteiger partial charge in [0, 0.05) is 17.1 Å². The standard InChI is InChI=1S/C22H24N2O4S/c1-5-28-17-8-6-16(7-9-17)23-21(25)13-29-22-14(2)10-15-11-19(26-3)20(27-4)12-18(15)24-22/h6-12H,5,13H2,1-4H3,(H,23,25). The topological polar surface area (TPSA) is 69.7 Å². The summed E-state index contributed by atoms with van der Waals surface area (Å²) in [6.07, 6.45) is 0. The molecule has 0 aliphatic heterocycles. The second kappa shape index (κ2) is 9.52. The minimum absolute atomic E-state index is 0.0900. The molecule has 1 amide bonds. The normalized spacial score (nSPS) is 10.6. The van der Waals surface area contributed by atoms with E-state index in [1.165, 1.54) is 11.8 Å². The Morgan fingerprint density at radius 2 is 1.76 bits per heavy atom. The molecule has 0 fully saturated rings. The van der Waals surface area contributed by atoms with Gasteiger partial charge in [0.2, 0.25) is 5.91 Å². The molecule has 1 heterocycles. The minimum atomic E-state index is -0.0900. The number of amides is 1. The van der Waals surface area contributed by atoms with E-state index in [4.69, 9.17) is 19.2 Å². The summed E-state index contributed by atoms with van der Waals surface area (Å²) in [6.45, 7) is 4.53. The van der Waals surface area contributed by atoms with E-state index in [1.54, 1.807) is 14.2 Å². The number of nitrogens with one attached hydrogen (secondary N) is 1. The van der Waals surface area contributed by atoms with E-state index in [0.29, 0.717) is 18.1 Å². The molecule has 0 unspecified atom stereocenters. The van der Waals surface area contributed by atoms with Crippen molar-refractivity contribution in [1.82, 2.24) is 4.98 Å². The molecule has 0 radical (unpaired) electrons. The zero-order valence-electron chi connectivity index (χ0n) is 16.9. The van der Waals surface area contributed by atoms with Crippen LogP contribution in [0.4, 0.5) is 5.69 Å². The molecule has 6 nitrogen and oxygen atoms in total. The Labute approximate surface area is 174 Å². The average Bonchev–Trinajstić information content (AvgIpc) is 2.73. The molecule has 0 aliphatic carbocycles. The lowest BCUT2D eigenvalue weighted by atomic mass is 10.1. The summed E-state index contributed by atoms with van der Waals surface area (Å²) in [7, 11) is 3.20. The molecule has 0 atom stereocenters. The molecule has 0 bridgehead atoms. The van der Waals surface area contributed by atoms with Crippen LogP contribution in [0.15, 0.2) is 47.5 Å². The van der Waals surface area contributed by atoms with Crippen LogP contribution in [0.1, 0.15) is 12.5 Å². The molecule has 0 spiro atoms. The van der Waals surface area contributed by atoms with Crippen molar-refractivity contribution in [2.75, 3.05) is 31.9 Å². The quantitative estimate of drug-likeness (QED) is 0.541. The number of carbonyl (C=O) groups excluding carboxylic acids is 1. The molecule has 3 aromatic rings. The first kappa shape index (κ1) is 20.8. The summed E-state index contributed by atoms with van der Waals surface area (Å²) in [5.41, 5.74) is 2.53. The molecule has 0 saturated carbocycles. The van der Waals surface area contributed by atoms with Crippen LogP contribution in [0.2, 0.25) is 0 Å². The maximum Gasteiger partial charge on any atom is 0.234 e. The SMILES string of the molecule is CCOc1ccc(NC(=O)CSc2nc3cc(OC)c(OC)cc3cc2C)cc1. The number of carbonyl (C=O) groups is 1. The number of thioether (sulfide) groups is 1. The number of nitrogens with zero attached hydrogens (tertiary/aromatic N) is 1. The Hall–Kier alpha value is -2.93. The van der Waals surface area contributed by atoms with Gasteiger partial charge in [0.25, 0.3) is 0 Å². The van der Waals surface area contributed by atoms with Gasteiger partial charge in [0.15, 0.2) is 11.5 Å². The fourth-order valence-electron chi connectivity index (χ4n) is 2.87. The molecule has 29 heavy (non-hydrogen) atoms. The summed E-state index contributed by atoms with van der Waals surface area (Å²) in [4.78, 5) is 17.0. The van der Waals surface area contributed by atoms with Crippen molar-refractivity contribution >= 4 is 34.3 Å². The van der Waals surface area contributed by atoms with Gasteiger partial charge in [-0.25, -0.2) is 4.98 Å². The third-order valence-electron chi connectivity index (χ3n) is 4.25. The van der Waals surface area contributed by atoms with Crippen LogP contribution in [0.25, 0.3) is 10.9 Å². The molecule has 3 rings (SSSR count). The Morgan fingerprint density at radius 1 is 1.07 bits per heavy atom. The van der Waals surface area contributed by atoms with Gasteiger partial charge < -0.3 is 19.5 Å². The zero-order chi connectivity index (χ0) is 20.8. The van der Waals surface area contributed by atoms with Crippen molar-refractivity contribution in [3.63, 3.8) is 0 Å². The molecule has 152 valence electrons. The number of aryl methyl sites for hydroxylation is 1. The molecule has 1 aromatic heterocycles. The third-order valence-corrected chi connectivity index (χ3v) is 5.35. The van der Waals surface area contributed by atoms with E-state index in [9.17, 15) is 4.79 Å². The monoisotopic (exact) mass is 412 g/mol. The molecule has 0 saturated heterocycles. The third kappa shape index (κ3) is 5.12. The number of hydrogen-bond donors (Lipinski definition) is 1. The van der Waals surface area contributed by atoms with Crippen LogP contribution in [-0.4, -0.2) is 37.5 Å². The smallest absolute Gasteiger partial charge is 0.234 e. The Kier molecular flexibility index (Phi) is 6.82. The average molecular weight is 413 g/mol. The maximum atomic E-state index is 12.3. The van der Waals surface area contributed by atoms with Crippen LogP contribution in [0.5, 0.6) is 17.2 Å². The van der Waals surface area contributed by atoms with Crippen molar-refractivity contribution in [3.05, 3.63) is 48.0 Å². The first-order chi connectivity index (χ1) is 14.0. The van der Waals surface area contributed by atoms with E-state index in [-0.39, 0.29) is 11.7 Å². The highest BCUT2D eigenvalue weighted by Gasteiger charge is 2.12. The first-order valence-corrected chi connectivity index (χ1v) is 10.2. The first-order valence-electron chi connectivity index (χ1n) is 9.23. The van der Waals surface area contributed by atoms with Crippen molar-refractivity contribution in [1.29, 1.82) is 0 Å². The number of hydrogen-bond acceptors (Lipinski definition) is 6. The van der Waals surface area contributed by atoms with Crippen molar-refractivity contribution in [3.8, 4) is 17.2 Å². The fraction of sp³-hybridized carbons (Fsp3) is 0.273. The second-order valence-corrected chi connectivity index (χ2v) is 7.27. The summed E-state index contributed by atoms with van der Waals surface area (Å²) in [5, 5.41) is 4.66. The predicted octanol–water partition coefficient (Wildman–Crippen LogP) is 4.69. The van der Waals surface area contributed by atoms with Gasteiger partial charge in [0.05, 0.1) is 32.1 Å². The van der Waals surface area contributed by atoms with Crippen LogP contribution >= 0.6 is 11.8 Å². The summed E-state index contributed by atoms with van der Waals surface area (Å²) in [6, 6.07) is 13.1. The molecular formula is C22H24N2O4S. The van der Waals surface area contributed by atoms with Gasteiger partial charge >= 0.3 is 0 Å². The van der Waals surface area contributed by atoms with Gasteiger partial charge in [-0.3, -0.25) is 4.79 Å². The number of ether oxygens (including phenoxy) is 3. The van der Waals surface area contributed by atoms with Crippen LogP contribution in [0, 0.1) is 6.92 Å². The van der Waals surface area contributed by atoms with E-state index in [2.05, 4.69) is 5.32 Å². The lowest BCUT2D eigenvalue weighted by Crippen LogP contribution is -2.14. The van der Waals surface area contributed by atoms with E-state index in [1.807, 2.05) is 56.3 Å². The van der Waals surface area contributed by atoms with Crippen LogP contribution in [0.3, 0.4) is 0 Å². The molecule has 7 heteroatoms. The highest BCUT2D eigenvalue weighted by molar-refractivity contribution is 8.00. The van der Waals surface area contributed by atoms with Crippen molar-refractivity contribution < 1.29 is 19.0 Å². The van der Waals surface area contributed by atoms with E-state index < -0.39 is 0 Å². The van der Waals surface area contributed by atoms with Crippen LogP contribution in [-0.2, 0) is 4.79 Å². The number of aromatic nitrogens is 1. The Morgan fingerprint density at radius 3 is 2.41 bits per heavy atom. The number of benzene rings is 2. The number of methoxy groups -OCH3 is 2. The Bertz CT molecular complexity index is 1010. The molecular weight excluding hydrogens is 388 g/mol.